The van der Waals surface area contributed by atoms with E-state index in [4.69, 9.17) is 0 Å². The maximum absolute atomic E-state index is 10.9. The van der Waals surface area contributed by atoms with E-state index in [1.165, 1.54) is 6.20 Å². The molecule has 1 aromatic heterocycles. The lowest BCUT2D eigenvalue weighted by molar-refractivity contribution is -0.384. The zero-order valence-electron chi connectivity index (χ0n) is 10.7. The molecule has 1 unspecified atom stereocenters. The molecule has 0 radical (unpaired) electrons. The van der Waals surface area contributed by atoms with Crippen LogP contribution in [0.2, 0.25) is 0 Å². The molecule has 0 aliphatic heterocycles. The molecule has 98 valence electrons. The van der Waals surface area contributed by atoms with Gasteiger partial charge in [-0.3, -0.25) is 10.1 Å². The van der Waals surface area contributed by atoms with Crippen LogP contribution in [0.3, 0.4) is 0 Å². The van der Waals surface area contributed by atoms with Crippen molar-refractivity contribution in [3.05, 3.63) is 16.3 Å². The molecule has 2 rings (SSSR count). The number of nitro groups is 1. The summed E-state index contributed by atoms with van der Waals surface area (Å²) in [6.45, 7) is 6.82. The van der Waals surface area contributed by atoms with Crippen molar-refractivity contribution < 1.29 is 4.92 Å². The van der Waals surface area contributed by atoms with E-state index in [2.05, 4.69) is 34.4 Å². The fourth-order valence-electron chi connectivity index (χ4n) is 1.74. The molecule has 2 N–H and O–H groups in total. The van der Waals surface area contributed by atoms with Crippen LogP contribution >= 0.6 is 0 Å². The van der Waals surface area contributed by atoms with Crippen LogP contribution in [-0.4, -0.2) is 27.5 Å². The van der Waals surface area contributed by atoms with Gasteiger partial charge in [0, 0.05) is 12.6 Å². The Kier molecular flexibility index (Phi) is 3.06. The summed E-state index contributed by atoms with van der Waals surface area (Å²) >= 11 is 0. The van der Waals surface area contributed by atoms with Gasteiger partial charge in [0.05, 0.1) is 4.92 Å². The summed E-state index contributed by atoms with van der Waals surface area (Å²) in [4.78, 5) is 18.5. The Bertz CT molecular complexity index is 475. The van der Waals surface area contributed by atoms with E-state index in [1.54, 1.807) is 0 Å². The van der Waals surface area contributed by atoms with Crippen molar-refractivity contribution in [2.24, 2.45) is 5.41 Å². The summed E-state index contributed by atoms with van der Waals surface area (Å²) in [5.41, 5.74) is 0.0938. The highest BCUT2D eigenvalue weighted by molar-refractivity contribution is 5.58. The van der Waals surface area contributed by atoms with Gasteiger partial charge in [-0.2, -0.15) is 4.98 Å². The summed E-state index contributed by atoms with van der Waals surface area (Å²) < 4.78 is 0. The average molecular weight is 251 g/mol. The highest BCUT2D eigenvalue weighted by Crippen LogP contribution is 2.47. The quantitative estimate of drug-likeness (QED) is 0.614. The Hall–Kier alpha value is -1.92. The lowest BCUT2D eigenvalue weighted by Gasteiger charge is -2.09. The molecule has 1 aliphatic carbocycles. The summed E-state index contributed by atoms with van der Waals surface area (Å²) in [7, 11) is 0. The largest absolute Gasteiger partial charge is 0.361 e. The van der Waals surface area contributed by atoms with Gasteiger partial charge in [0.25, 0.3) is 0 Å². The second-order valence-electron chi connectivity index (χ2n) is 5.10. The van der Waals surface area contributed by atoms with E-state index >= 15 is 0 Å². The summed E-state index contributed by atoms with van der Waals surface area (Å²) in [6, 6.07) is 0.237. The molecule has 1 fully saturated rings. The van der Waals surface area contributed by atoms with Gasteiger partial charge in [-0.05, 0) is 18.8 Å². The molecule has 1 saturated carbocycles. The predicted molar refractivity (Wildman–Crippen MR) is 68.7 cm³/mol. The minimum atomic E-state index is -0.465. The zero-order chi connectivity index (χ0) is 13.3. The van der Waals surface area contributed by atoms with Crippen LogP contribution in [0.15, 0.2) is 6.20 Å². The molecule has 7 heteroatoms. The average Bonchev–Trinajstić information content (AvgIpc) is 2.86. The molecule has 7 nitrogen and oxygen atoms in total. The van der Waals surface area contributed by atoms with Gasteiger partial charge in [-0.1, -0.05) is 13.8 Å². The van der Waals surface area contributed by atoms with E-state index in [0.717, 1.165) is 6.42 Å². The number of nitrogens with zero attached hydrogens (tertiary/aromatic N) is 3. The van der Waals surface area contributed by atoms with E-state index in [9.17, 15) is 10.1 Å². The molecule has 0 spiro atoms. The van der Waals surface area contributed by atoms with Crippen LogP contribution in [0.1, 0.15) is 27.2 Å². The molecular formula is C11H17N5O2. The number of rotatable bonds is 5. The van der Waals surface area contributed by atoms with Crippen LogP contribution in [0.25, 0.3) is 0 Å². The third-order valence-corrected chi connectivity index (χ3v) is 3.13. The van der Waals surface area contributed by atoms with Gasteiger partial charge >= 0.3 is 5.69 Å². The van der Waals surface area contributed by atoms with Crippen molar-refractivity contribution in [1.82, 2.24) is 9.97 Å². The van der Waals surface area contributed by atoms with E-state index in [-0.39, 0.29) is 17.1 Å². The molecular weight excluding hydrogens is 234 g/mol. The first kappa shape index (κ1) is 12.5. The molecule has 1 aromatic rings. The minimum Gasteiger partial charge on any atom is -0.361 e. The van der Waals surface area contributed by atoms with Crippen LogP contribution in [0.4, 0.5) is 17.5 Å². The molecule has 1 heterocycles. The molecule has 1 aliphatic rings. The first-order chi connectivity index (χ1) is 8.44. The Morgan fingerprint density at radius 3 is 2.78 bits per heavy atom. The van der Waals surface area contributed by atoms with Crippen molar-refractivity contribution in [2.75, 3.05) is 17.2 Å². The van der Waals surface area contributed by atoms with Gasteiger partial charge in [0.1, 0.15) is 6.20 Å². The SMILES string of the molecule is CCNc1ncc([N+](=O)[O-])c(NC2CC2(C)C)n1. The Morgan fingerprint density at radius 1 is 1.61 bits per heavy atom. The molecule has 0 bridgehead atoms. The Balaban J connectivity index is 2.23. The molecule has 18 heavy (non-hydrogen) atoms. The summed E-state index contributed by atoms with van der Waals surface area (Å²) in [5, 5.41) is 17.0. The monoisotopic (exact) mass is 251 g/mol. The van der Waals surface area contributed by atoms with Crippen molar-refractivity contribution in [3.63, 3.8) is 0 Å². The van der Waals surface area contributed by atoms with Gasteiger partial charge in [0.15, 0.2) is 0 Å². The fourth-order valence-corrected chi connectivity index (χ4v) is 1.74. The van der Waals surface area contributed by atoms with Crippen LogP contribution in [0.5, 0.6) is 0 Å². The third kappa shape index (κ3) is 2.49. The topological polar surface area (TPSA) is 93.0 Å². The summed E-state index contributed by atoms with van der Waals surface area (Å²) in [6.07, 6.45) is 2.23. The number of anilines is 2. The zero-order valence-corrected chi connectivity index (χ0v) is 10.7. The number of hydrogen-bond acceptors (Lipinski definition) is 6. The number of nitrogens with one attached hydrogen (secondary N) is 2. The molecule has 1 atom stereocenters. The first-order valence-corrected chi connectivity index (χ1v) is 5.96. The highest BCUT2D eigenvalue weighted by Gasteiger charge is 2.46. The van der Waals surface area contributed by atoms with Crippen LogP contribution in [0, 0.1) is 15.5 Å². The van der Waals surface area contributed by atoms with Crippen molar-refractivity contribution in [2.45, 2.75) is 33.2 Å². The third-order valence-electron chi connectivity index (χ3n) is 3.13. The smallest absolute Gasteiger partial charge is 0.329 e. The fraction of sp³-hybridized carbons (Fsp3) is 0.636. The van der Waals surface area contributed by atoms with Crippen LogP contribution < -0.4 is 10.6 Å². The van der Waals surface area contributed by atoms with Crippen molar-refractivity contribution in [3.8, 4) is 0 Å². The molecule has 0 saturated heterocycles. The Labute approximate surface area is 105 Å². The highest BCUT2D eigenvalue weighted by atomic mass is 16.6. The molecule has 0 amide bonds. The van der Waals surface area contributed by atoms with Gasteiger partial charge in [0.2, 0.25) is 11.8 Å². The van der Waals surface area contributed by atoms with Gasteiger partial charge in [-0.15, -0.1) is 0 Å². The van der Waals surface area contributed by atoms with Gasteiger partial charge in [-0.25, -0.2) is 4.98 Å². The van der Waals surface area contributed by atoms with Gasteiger partial charge < -0.3 is 10.6 Å². The first-order valence-electron chi connectivity index (χ1n) is 5.96. The Morgan fingerprint density at radius 2 is 2.28 bits per heavy atom. The summed E-state index contributed by atoms with van der Waals surface area (Å²) in [5.74, 6) is 0.700. The lowest BCUT2D eigenvalue weighted by atomic mass is 10.2. The maximum atomic E-state index is 10.9. The number of hydrogen-bond donors (Lipinski definition) is 2. The van der Waals surface area contributed by atoms with Crippen molar-refractivity contribution >= 4 is 17.5 Å². The lowest BCUT2D eigenvalue weighted by Crippen LogP contribution is -2.13. The van der Waals surface area contributed by atoms with E-state index < -0.39 is 4.92 Å². The standard InChI is InChI=1S/C11H17N5O2/c1-4-12-10-13-6-7(16(17)18)9(15-10)14-8-5-11(8,2)3/h6,8H,4-5H2,1-3H3,(H2,12,13,14,15). The minimum absolute atomic E-state index is 0.0839. The van der Waals surface area contributed by atoms with Crippen molar-refractivity contribution in [1.29, 1.82) is 0 Å². The van der Waals surface area contributed by atoms with Crippen LogP contribution in [-0.2, 0) is 0 Å². The normalized spacial score (nSPS) is 20.3. The van der Waals surface area contributed by atoms with E-state index in [0.29, 0.717) is 18.3 Å². The number of aromatic nitrogens is 2. The molecule has 0 aromatic carbocycles. The predicted octanol–water partition coefficient (Wildman–Crippen LogP) is 2.03. The second-order valence-corrected chi connectivity index (χ2v) is 5.10. The maximum Gasteiger partial charge on any atom is 0.329 e. The second kappa shape index (κ2) is 4.40. The van der Waals surface area contributed by atoms with E-state index in [1.807, 2.05) is 6.92 Å².